The number of rotatable bonds is 4. The lowest BCUT2D eigenvalue weighted by Gasteiger charge is -2.11. The molecule has 6 heteroatoms. The molecule has 0 aliphatic carbocycles. The molecule has 0 bridgehead atoms. The van der Waals surface area contributed by atoms with E-state index in [0.717, 1.165) is 0 Å². The maximum Gasteiger partial charge on any atom is 0.202 e. The Morgan fingerprint density at radius 3 is 2.36 bits per heavy atom. The summed E-state index contributed by atoms with van der Waals surface area (Å²) in [5, 5.41) is 8.87. The van der Waals surface area contributed by atoms with E-state index >= 15 is 0 Å². The number of aliphatic hydroxyl groups excluding tert-OH is 1. The van der Waals surface area contributed by atoms with Crippen molar-refractivity contribution < 1.29 is 14.6 Å². The van der Waals surface area contributed by atoms with E-state index in [1.165, 1.54) is 0 Å². The van der Waals surface area contributed by atoms with Crippen LogP contribution in [-0.2, 0) is 4.57 Å². The van der Waals surface area contributed by atoms with Gasteiger partial charge in [0, 0.05) is 12.7 Å². The van der Waals surface area contributed by atoms with Crippen molar-refractivity contribution in [3.05, 3.63) is 0 Å². The van der Waals surface area contributed by atoms with Gasteiger partial charge in [0.05, 0.1) is 12.3 Å². The van der Waals surface area contributed by atoms with Crippen LogP contribution in [-0.4, -0.2) is 35.0 Å². The first-order chi connectivity index (χ1) is 4.52. The van der Waals surface area contributed by atoms with Crippen molar-refractivity contribution >= 4 is 19.8 Å². The van der Waals surface area contributed by atoms with Gasteiger partial charge in [-0.25, -0.2) is 0 Å². The first kappa shape index (κ1) is 14.0. The number of hydrogen-bond acceptors (Lipinski definition) is 3. The van der Waals surface area contributed by atoms with Gasteiger partial charge in [-0.1, -0.05) is 6.92 Å². The fourth-order valence-electron chi connectivity index (χ4n) is 0.533. The Kier molecular flexibility index (Phi) is 7.58. The molecule has 0 radical (unpaired) electrons. The number of aliphatic hydroxyl groups is 1. The molecule has 0 spiro atoms. The second kappa shape index (κ2) is 5.98. The van der Waals surface area contributed by atoms with Crippen LogP contribution in [0.5, 0.6) is 0 Å². The van der Waals surface area contributed by atoms with Crippen LogP contribution in [0.2, 0.25) is 0 Å². The van der Waals surface area contributed by atoms with Gasteiger partial charge in [-0.15, -0.1) is 12.4 Å². The fraction of sp³-hybridized carbons (Fsp3) is 1.00. The molecule has 0 aromatic heterocycles. The van der Waals surface area contributed by atoms with Crippen LogP contribution in [0, 0.1) is 0 Å². The summed E-state index contributed by atoms with van der Waals surface area (Å²) < 4.78 is 10.9. The molecule has 0 aromatic rings. The van der Waals surface area contributed by atoms with Crippen LogP contribution in [0.1, 0.15) is 6.92 Å². The van der Waals surface area contributed by atoms with Gasteiger partial charge in [0.2, 0.25) is 7.37 Å². The van der Waals surface area contributed by atoms with Crippen LogP contribution in [0.4, 0.5) is 0 Å². The summed E-state index contributed by atoms with van der Waals surface area (Å²) in [5.74, 6) is 0. The van der Waals surface area contributed by atoms with Gasteiger partial charge in [0.15, 0.2) is 0 Å². The van der Waals surface area contributed by atoms with Crippen molar-refractivity contribution in [2.24, 2.45) is 5.73 Å². The fourth-order valence-corrected chi connectivity index (χ4v) is 1.60. The van der Waals surface area contributed by atoms with Crippen LogP contribution in [0.3, 0.4) is 0 Å². The lowest BCUT2D eigenvalue weighted by atomic mass is 10.4. The SMILES string of the molecule is CCP(=O)(O)CC(O)CN.Cl. The lowest BCUT2D eigenvalue weighted by Crippen LogP contribution is -2.23. The normalized spacial score (nSPS) is 18.2. The quantitative estimate of drug-likeness (QED) is 0.563. The molecule has 2 atom stereocenters. The zero-order valence-corrected chi connectivity index (χ0v) is 8.15. The second-order valence-electron chi connectivity index (χ2n) is 2.23. The molecule has 0 amide bonds. The first-order valence-electron chi connectivity index (χ1n) is 3.21. The molecule has 0 rings (SSSR count). The lowest BCUT2D eigenvalue weighted by molar-refractivity contribution is 0.202. The summed E-state index contributed by atoms with van der Waals surface area (Å²) >= 11 is 0. The topological polar surface area (TPSA) is 83.5 Å². The van der Waals surface area contributed by atoms with Crippen LogP contribution < -0.4 is 5.73 Å². The average Bonchev–Trinajstić information content (AvgIpc) is 1.87. The third kappa shape index (κ3) is 6.78. The maximum atomic E-state index is 10.9. The highest BCUT2D eigenvalue weighted by atomic mass is 35.5. The first-order valence-corrected chi connectivity index (χ1v) is 5.24. The largest absolute Gasteiger partial charge is 0.391 e. The molecule has 0 saturated heterocycles. The predicted octanol–water partition coefficient (Wildman–Crippen LogP) is 0.0181. The van der Waals surface area contributed by atoms with Crippen molar-refractivity contribution in [2.45, 2.75) is 13.0 Å². The van der Waals surface area contributed by atoms with Gasteiger partial charge in [0.1, 0.15) is 0 Å². The second-order valence-corrected chi connectivity index (χ2v) is 4.92. The molecule has 4 nitrogen and oxygen atoms in total. The summed E-state index contributed by atoms with van der Waals surface area (Å²) in [4.78, 5) is 8.96. The van der Waals surface area contributed by atoms with E-state index in [-0.39, 0.29) is 31.3 Å². The monoisotopic (exact) mass is 203 g/mol. The molecule has 70 valence electrons. The van der Waals surface area contributed by atoms with Gasteiger partial charge >= 0.3 is 0 Å². The van der Waals surface area contributed by atoms with Crippen molar-refractivity contribution in [3.8, 4) is 0 Å². The van der Waals surface area contributed by atoms with Crippen molar-refractivity contribution in [3.63, 3.8) is 0 Å². The van der Waals surface area contributed by atoms with E-state index in [1.807, 2.05) is 0 Å². The van der Waals surface area contributed by atoms with Crippen LogP contribution in [0.25, 0.3) is 0 Å². The summed E-state index contributed by atoms with van der Waals surface area (Å²) in [6, 6.07) is 0. The summed E-state index contributed by atoms with van der Waals surface area (Å²) in [6.45, 7) is 1.66. The Hall–Kier alpha value is 0.400. The Balaban J connectivity index is 0. The molecular formula is C5H15ClNO3P. The minimum Gasteiger partial charge on any atom is -0.391 e. The van der Waals surface area contributed by atoms with E-state index in [0.29, 0.717) is 0 Å². The average molecular weight is 204 g/mol. The summed E-state index contributed by atoms with van der Waals surface area (Å²) in [7, 11) is -3.08. The predicted molar refractivity (Wildman–Crippen MR) is 47.5 cm³/mol. The standard InChI is InChI=1S/C5H14NO3P.ClH/c1-2-10(8,9)4-5(7)3-6;/h5,7H,2-4,6H2,1H3,(H,8,9);1H. The Bertz CT molecular complexity index is 144. The molecule has 0 saturated carbocycles. The van der Waals surface area contributed by atoms with Gasteiger partial charge in [-0.3, -0.25) is 4.57 Å². The highest BCUT2D eigenvalue weighted by Gasteiger charge is 2.18. The number of nitrogens with two attached hydrogens (primary N) is 1. The smallest absolute Gasteiger partial charge is 0.202 e. The highest BCUT2D eigenvalue weighted by Crippen LogP contribution is 2.39. The Morgan fingerprint density at radius 1 is 1.64 bits per heavy atom. The number of hydrogen-bond donors (Lipinski definition) is 3. The molecule has 0 aliphatic rings. The van der Waals surface area contributed by atoms with Gasteiger partial charge in [-0.05, 0) is 0 Å². The molecule has 2 unspecified atom stereocenters. The van der Waals surface area contributed by atoms with Gasteiger partial charge in [-0.2, -0.15) is 0 Å². The third-order valence-electron chi connectivity index (χ3n) is 1.26. The molecule has 11 heavy (non-hydrogen) atoms. The van der Waals surface area contributed by atoms with Gasteiger partial charge < -0.3 is 15.7 Å². The summed E-state index contributed by atoms with van der Waals surface area (Å²) in [5.41, 5.74) is 5.05. The maximum absolute atomic E-state index is 10.9. The Morgan fingerprint density at radius 2 is 2.09 bits per heavy atom. The van der Waals surface area contributed by atoms with E-state index in [9.17, 15) is 4.57 Å². The minimum atomic E-state index is -3.08. The van der Waals surface area contributed by atoms with E-state index in [1.54, 1.807) is 6.92 Å². The molecule has 0 heterocycles. The zero-order chi connectivity index (χ0) is 8.20. The molecule has 0 aromatic carbocycles. The minimum absolute atomic E-state index is 0. The van der Waals surface area contributed by atoms with Crippen LogP contribution >= 0.6 is 19.8 Å². The molecule has 0 aliphatic heterocycles. The van der Waals surface area contributed by atoms with E-state index in [4.69, 9.17) is 15.7 Å². The third-order valence-corrected chi connectivity index (χ3v) is 3.24. The van der Waals surface area contributed by atoms with E-state index < -0.39 is 13.5 Å². The highest BCUT2D eigenvalue weighted by molar-refractivity contribution is 7.58. The van der Waals surface area contributed by atoms with Crippen molar-refractivity contribution in [1.29, 1.82) is 0 Å². The molecule has 0 fully saturated rings. The van der Waals surface area contributed by atoms with Crippen LogP contribution in [0.15, 0.2) is 0 Å². The van der Waals surface area contributed by atoms with Crippen molar-refractivity contribution in [1.82, 2.24) is 0 Å². The number of halogens is 1. The molecule has 4 N–H and O–H groups in total. The zero-order valence-electron chi connectivity index (χ0n) is 6.43. The Labute approximate surface area is 72.7 Å². The summed E-state index contributed by atoms with van der Waals surface area (Å²) in [6.07, 6.45) is -0.722. The van der Waals surface area contributed by atoms with Crippen molar-refractivity contribution in [2.75, 3.05) is 18.9 Å². The van der Waals surface area contributed by atoms with Gasteiger partial charge in [0.25, 0.3) is 0 Å². The van der Waals surface area contributed by atoms with E-state index in [2.05, 4.69) is 0 Å². The molecular weight excluding hydrogens is 188 g/mol.